The normalized spacial score (nSPS) is 17.5. The summed E-state index contributed by atoms with van der Waals surface area (Å²) in [6.07, 6.45) is 8.43. The molecule has 25 heavy (non-hydrogen) atoms. The summed E-state index contributed by atoms with van der Waals surface area (Å²) in [5.74, 6) is -0.432. The number of imide groups is 1. The number of carbonyl (C=O) groups excluding carboxylic acids is 2. The topological polar surface area (TPSA) is 76.0 Å². The lowest BCUT2D eigenvalue weighted by molar-refractivity contribution is -0.135. The molecule has 2 N–H and O–H groups in total. The number of pyridine rings is 1. The van der Waals surface area contributed by atoms with Crippen molar-refractivity contribution in [2.75, 3.05) is 5.32 Å². The molecule has 0 spiro atoms. The molecule has 1 aromatic carbocycles. The summed E-state index contributed by atoms with van der Waals surface area (Å²) in [4.78, 5) is 27.6. The number of nitrogens with zero attached hydrogens (tertiary/aromatic N) is 2. The highest BCUT2D eigenvalue weighted by Gasteiger charge is 2.27. The summed E-state index contributed by atoms with van der Waals surface area (Å²) in [6, 6.07) is 9.63. The number of rotatable bonds is 4. The largest absolute Gasteiger partial charge is 0.380 e. The minimum Gasteiger partial charge on any atom is -0.380 e. The van der Waals surface area contributed by atoms with E-state index < -0.39 is 0 Å². The number of hydrogen-bond acceptors (Lipinski definition) is 4. The smallest absolute Gasteiger partial charge is 0.249 e. The van der Waals surface area contributed by atoms with Gasteiger partial charge in [0.25, 0.3) is 0 Å². The van der Waals surface area contributed by atoms with Crippen LogP contribution in [0.4, 0.5) is 5.69 Å². The molecule has 3 aromatic rings. The third-order valence-corrected chi connectivity index (χ3v) is 4.48. The fourth-order valence-electron chi connectivity index (χ4n) is 3.19. The molecule has 3 heterocycles. The lowest BCUT2D eigenvalue weighted by Gasteiger charge is -2.22. The van der Waals surface area contributed by atoms with Crippen molar-refractivity contribution in [2.24, 2.45) is 0 Å². The first-order chi connectivity index (χ1) is 12.2. The van der Waals surface area contributed by atoms with Crippen LogP contribution in [0.25, 0.3) is 10.8 Å². The van der Waals surface area contributed by atoms with Crippen LogP contribution in [0.5, 0.6) is 0 Å². The van der Waals surface area contributed by atoms with Gasteiger partial charge in [-0.05, 0) is 24.1 Å². The summed E-state index contributed by atoms with van der Waals surface area (Å²) >= 11 is 0. The number of carbonyl (C=O) groups is 2. The molecule has 1 aliphatic rings. The Kier molecular flexibility index (Phi) is 3.93. The van der Waals surface area contributed by atoms with E-state index >= 15 is 0 Å². The SMILES string of the molecule is O=C1CCC(n2cc3cccc(NCc4cccnc4)c3c2)C(=O)N1. The average Bonchev–Trinajstić information content (AvgIpc) is 3.05. The lowest BCUT2D eigenvalue weighted by atomic mass is 10.1. The Balaban J connectivity index is 1.60. The number of benzene rings is 1. The van der Waals surface area contributed by atoms with Crippen LogP contribution in [0, 0.1) is 0 Å². The maximum absolute atomic E-state index is 12.1. The Morgan fingerprint density at radius 3 is 2.92 bits per heavy atom. The molecule has 0 saturated carbocycles. The van der Waals surface area contributed by atoms with Crippen molar-refractivity contribution in [1.29, 1.82) is 0 Å². The van der Waals surface area contributed by atoms with Crippen molar-refractivity contribution in [3.05, 3.63) is 60.7 Å². The van der Waals surface area contributed by atoms with Crippen LogP contribution >= 0.6 is 0 Å². The highest BCUT2D eigenvalue weighted by Crippen LogP contribution is 2.28. The molecule has 2 amide bonds. The first kappa shape index (κ1) is 15.4. The Labute approximate surface area is 144 Å². The highest BCUT2D eigenvalue weighted by atomic mass is 16.2. The minimum atomic E-state index is -0.337. The number of aromatic nitrogens is 2. The van der Waals surface area contributed by atoms with Crippen molar-refractivity contribution < 1.29 is 9.59 Å². The van der Waals surface area contributed by atoms with E-state index in [2.05, 4.69) is 15.6 Å². The summed E-state index contributed by atoms with van der Waals surface area (Å²) in [6.45, 7) is 0.677. The molecule has 0 radical (unpaired) electrons. The van der Waals surface area contributed by atoms with Crippen LogP contribution < -0.4 is 10.6 Å². The summed E-state index contributed by atoms with van der Waals surface area (Å²) < 4.78 is 1.90. The van der Waals surface area contributed by atoms with Crippen LogP contribution in [-0.4, -0.2) is 21.4 Å². The predicted molar refractivity (Wildman–Crippen MR) is 94.9 cm³/mol. The lowest BCUT2D eigenvalue weighted by Crippen LogP contribution is -2.41. The van der Waals surface area contributed by atoms with Gasteiger partial charge in [0.2, 0.25) is 11.8 Å². The molecule has 1 unspecified atom stereocenters. The van der Waals surface area contributed by atoms with E-state index in [1.54, 1.807) is 6.20 Å². The number of amides is 2. The summed E-state index contributed by atoms with van der Waals surface area (Å²) in [5, 5.41) is 7.95. The van der Waals surface area contributed by atoms with Crippen molar-refractivity contribution in [3.8, 4) is 0 Å². The fourth-order valence-corrected chi connectivity index (χ4v) is 3.19. The number of hydrogen-bond donors (Lipinski definition) is 2. The van der Waals surface area contributed by atoms with Crippen molar-refractivity contribution in [1.82, 2.24) is 14.9 Å². The van der Waals surface area contributed by atoms with Crippen LogP contribution in [0.1, 0.15) is 24.4 Å². The van der Waals surface area contributed by atoms with E-state index in [4.69, 9.17) is 0 Å². The maximum Gasteiger partial charge on any atom is 0.249 e. The fraction of sp³-hybridized carbons (Fsp3) is 0.211. The van der Waals surface area contributed by atoms with Crippen molar-refractivity contribution >= 4 is 28.3 Å². The molecule has 0 aliphatic carbocycles. The first-order valence-corrected chi connectivity index (χ1v) is 8.27. The first-order valence-electron chi connectivity index (χ1n) is 8.27. The van der Waals surface area contributed by atoms with Crippen LogP contribution in [-0.2, 0) is 16.1 Å². The molecule has 126 valence electrons. The third-order valence-electron chi connectivity index (χ3n) is 4.48. The van der Waals surface area contributed by atoms with Crippen molar-refractivity contribution in [2.45, 2.75) is 25.4 Å². The van der Waals surface area contributed by atoms with Gasteiger partial charge in [-0.15, -0.1) is 0 Å². The molecule has 2 aromatic heterocycles. The van der Waals surface area contributed by atoms with E-state index in [-0.39, 0.29) is 17.9 Å². The average molecular weight is 334 g/mol. The third kappa shape index (κ3) is 3.10. The Morgan fingerprint density at radius 1 is 1.20 bits per heavy atom. The predicted octanol–water partition coefficient (Wildman–Crippen LogP) is 2.63. The zero-order chi connectivity index (χ0) is 17.2. The van der Waals surface area contributed by atoms with Gasteiger partial charge < -0.3 is 9.88 Å². The van der Waals surface area contributed by atoms with Crippen LogP contribution in [0.3, 0.4) is 0 Å². The number of piperidine rings is 1. The van der Waals surface area contributed by atoms with Crippen molar-refractivity contribution in [3.63, 3.8) is 0 Å². The second-order valence-corrected chi connectivity index (χ2v) is 6.20. The van der Waals surface area contributed by atoms with Gasteiger partial charge in [0.15, 0.2) is 0 Å². The molecule has 1 saturated heterocycles. The van der Waals surface area contributed by atoms with E-state index in [0.29, 0.717) is 19.4 Å². The standard InChI is InChI=1S/C19H18N4O2/c24-18-7-6-17(19(25)22-18)23-11-14-4-1-5-16(15(14)12-23)21-10-13-3-2-8-20-9-13/h1-5,8-9,11-12,17,21H,6-7,10H2,(H,22,24,25). The quantitative estimate of drug-likeness (QED) is 0.719. The van der Waals surface area contributed by atoms with E-state index in [1.807, 2.05) is 53.5 Å². The van der Waals surface area contributed by atoms with Gasteiger partial charge in [-0.3, -0.25) is 19.9 Å². The number of fused-ring (bicyclic) bond motifs is 1. The van der Waals surface area contributed by atoms with Crippen LogP contribution in [0.2, 0.25) is 0 Å². The Morgan fingerprint density at radius 2 is 2.12 bits per heavy atom. The van der Waals surface area contributed by atoms with E-state index in [0.717, 1.165) is 22.0 Å². The van der Waals surface area contributed by atoms with Gasteiger partial charge in [-0.2, -0.15) is 0 Å². The van der Waals surface area contributed by atoms with Gasteiger partial charge in [-0.25, -0.2) is 0 Å². The molecular weight excluding hydrogens is 316 g/mol. The van der Waals surface area contributed by atoms with Gasteiger partial charge in [0.1, 0.15) is 6.04 Å². The van der Waals surface area contributed by atoms with Gasteiger partial charge in [0, 0.05) is 54.2 Å². The van der Waals surface area contributed by atoms with Gasteiger partial charge in [-0.1, -0.05) is 18.2 Å². The van der Waals surface area contributed by atoms with E-state index in [1.165, 1.54) is 0 Å². The molecule has 1 fully saturated rings. The molecule has 0 bridgehead atoms. The second-order valence-electron chi connectivity index (χ2n) is 6.20. The zero-order valence-electron chi connectivity index (χ0n) is 13.6. The molecular formula is C19H18N4O2. The molecule has 6 heteroatoms. The summed E-state index contributed by atoms with van der Waals surface area (Å²) in [7, 11) is 0. The van der Waals surface area contributed by atoms with E-state index in [9.17, 15) is 9.59 Å². The minimum absolute atomic E-state index is 0.197. The molecule has 6 nitrogen and oxygen atoms in total. The Bertz CT molecular complexity index is 933. The highest BCUT2D eigenvalue weighted by molar-refractivity contribution is 6.00. The number of nitrogens with one attached hydrogen (secondary N) is 2. The van der Waals surface area contributed by atoms with Gasteiger partial charge in [0.05, 0.1) is 0 Å². The number of anilines is 1. The summed E-state index contributed by atoms with van der Waals surface area (Å²) in [5.41, 5.74) is 2.11. The van der Waals surface area contributed by atoms with Gasteiger partial charge >= 0.3 is 0 Å². The molecule has 1 aliphatic heterocycles. The molecule has 1 atom stereocenters. The second kappa shape index (κ2) is 6.39. The zero-order valence-corrected chi connectivity index (χ0v) is 13.6. The molecule has 4 rings (SSSR count). The maximum atomic E-state index is 12.1. The monoisotopic (exact) mass is 334 g/mol. The van der Waals surface area contributed by atoms with Crippen LogP contribution in [0.15, 0.2) is 55.1 Å². The Hall–Kier alpha value is -3.15.